The van der Waals surface area contributed by atoms with Crippen molar-refractivity contribution >= 4 is 11.6 Å². The van der Waals surface area contributed by atoms with E-state index in [1.165, 1.54) is 18.5 Å². The van der Waals surface area contributed by atoms with Gasteiger partial charge in [0, 0.05) is 49.9 Å². The Hall–Kier alpha value is -2.53. The molecule has 0 aromatic heterocycles. The summed E-state index contributed by atoms with van der Waals surface area (Å²) >= 11 is 0. The summed E-state index contributed by atoms with van der Waals surface area (Å²) in [6, 6.07) is 17.9. The fraction of sp³-hybridized carbons (Fsp3) is 0.435. The number of nitrogens with zero attached hydrogens (tertiary/aromatic N) is 2. The zero-order valence-electron chi connectivity index (χ0n) is 16.3. The van der Waals surface area contributed by atoms with E-state index >= 15 is 0 Å². The second kappa shape index (κ2) is 9.11. The van der Waals surface area contributed by atoms with Gasteiger partial charge in [-0.1, -0.05) is 18.2 Å². The third-order valence-electron chi connectivity index (χ3n) is 5.67. The maximum atomic E-state index is 12.6. The fourth-order valence-corrected chi connectivity index (χ4v) is 3.96. The predicted octanol–water partition coefficient (Wildman–Crippen LogP) is 3.03. The summed E-state index contributed by atoms with van der Waals surface area (Å²) in [5, 5.41) is 3.43. The SMILES string of the molecule is O=C(c1ccccc1)N1CCN(c2ccc(OC[C@@H]3CCCNC3)cc2)CC1. The molecule has 0 aliphatic carbocycles. The Balaban J connectivity index is 1.27. The number of carbonyl (C=O) groups is 1. The highest BCUT2D eigenvalue weighted by atomic mass is 16.5. The molecule has 1 N–H and O–H groups in total. The van der Waals surface area contributed by atoms with Crippen LogP contribution in [-0.2, 0) is 0 Å². The standard InChI is InChI=1S/C23H29N3O2/c27-23(20-6-2-1-3-7-20)26-15-13-25(14-16-26)21-8-10-22(11-9-21)28-18-19-5-4-12-24-17-19/h1-3,6-11,19,24H,4-5,12-18H2/t19-/m1/s1. The van der Waals surface area contributed by atoms with Gasteiger partial charge in [0.25, 0.3) is 5.91 Å². The molecular weight excluding hydrogens is 350 g/mol. The molecule has 5 heteroatoms. The van der Waals surface area contributed by atoms with Crippen LogP contribution in [0.2, 0.25) is 0 Å². The van der Waals surface area contributed by atoms with Crippen LogP contribution in [0.25, 0.3) is 0 Å². The molecule has 2 saturated heterocycles. The first-order valence-corrected chi connectivity index (χ1v) is 10.3. The summed E-state index contributed by atoms with van der Waals surface area (Å²) < 4.78 is 5.97. The molecule has 1 amide bonds. The number of carbonyl (C=O) groups excluding carboxylic acids is 1. The van der Waals surface area contributed by atoms with E-state index in [2.05, 4.69) is 34.5 Å². The molecule has 0 bridgehead atoms. The highest BCUT2D eigenvalue weighted by molar-refractivity contribution is 5.94. The average molecular weight is 380 g/mol. The summed E-state index contributed by atoms with van der Waals surface area (Å²) in [5.41, 5.74) is 1.96. The predicted molar refractivity (Wildman–Crippen MR) is 112 cm³/mol. The Bertz CT molecular complexity index is 749. The molecule has 1 atom stereocenters. The molecule has 0 spiro atoms. The number of amides is 1. The molecule has 2 aliphatic heterocycles. The third-order valence-corrected chi connectivity index (χ3v) is 5.67. The van der Waals surface area contributed by atoms with Crippen molar-refractivity contribution in [2.75, 3.05) is 50.8 Å². The van der Waals surface area contributed by atoms with Gasteiger partial charge in [-0.3, -0.25) is 4.79 Å². The lowest BCUT2D eigenvalue weighted by atomic mass is 10.0. The molecule has 0 saturated carbocycles. The van der Waals surface area contributed by atoms with Gasteiger partial charge in [0.15, 0.2) is 0 Å². The van der Waals surface area contributed by atoms with Crippen molar-refractivity contribution in [3.8, 4) is 5.75 Å². The van der Waals surface area contributed by atoms with Crippen LogP contribution in [0, 0.1) is 5.92 Å². The number of ether oxygens (including phenoxy) is 1. The first-order chi connectivity index (χ1) is 13.8. The van der Waals surface area contributed by atoms with Crippen molar-refractivity contribution in [2.24, 2.45) is 5.92 Å². The number of piperazine rings is 1. The molecule has 5 nitrogen and oxygen atoms in total. The second-order valence-electron chi connectivity index (χ2n) is 7.66. The van der Waals surface area contributed by atoms with E-state index in [1.54, 1.807) is 0 Å². The molecule has 2 aliphatic rings. The number of hydrogen-bond donors (Lipinski definition) is 1. The normalized spacial score (nSPS) is 20.1. The minimum atomic E-state index is 0.126. The van der Waals surface area contributed by atoms with E-state index in [9.17, 15) is 4.79 Å². The second-order valence-corrected chi connectivity index (χ2v) is 7.66. The highest BCUT2D eigenvalue weighted by Crippen LogP contribution is 2.22. The van der Waals surface area contributed by atoms with Crippen molar-refractivity contribution < 1.29 is 9.53 Å². The van der Waals surface area contributed by atoms with Crippen molar-refractivity contribution in [2.45, 2.75) is 12.8 Å². The minimum absolute atomic E-state index is 0.126. The summed E-state index contributed by atoms with van der Waals surface area (Å²) in [5.74, 6) is 1.68. The van der Waals surface area contributed by atoms with Crippen molar-refractivity contribution in [1.29, 1.82) is 0 Å². The molecule has 0 radical (unpaired) electrons. The molecule has 148 valence electrons. The fourth-order valence-electron chi connectivity index (χ4n) is 3.96. The summed E-state index contributed by atoms with van der Waals surface area (Å²) in [4.78, 5) is 16.9. The number of anilines is 1. The zero-order valence-corrected chi connectivity index (χ0v) is 16.3. The monoisotopic (exact) mass is 379 g/mol. The van der Waals surface area contributed by atoms with Crippen LogP contribution in [0.15, 0.2) is 54.6 Å². The van der Waals surface area contributed by atoms with Crippen LogP contribution in [0.5, 0.6) is 5.75 Å². The van der Waals surface area contributed by atoms with Crippen LogP contribution in [0.4, 0.5) is 5.69 Å². The Labute approximate surface area is 167 Å². The Morgan fingerprint density at radius 3 is 2.43 bits per heavy atom. The van der Waals surface area contributed by atoms with Crippen LogP contribution in [0.3, 0.4) is 0 Å². The van der Waals surface area contributed by atoms with Crippen LogP contribution < -0.4 is 15.0 Å². The summed E-state index contributed by atoms with van der Waals surface area (Å²) in [6.07, 6.45) is 2.49. The van der Waals surface area contributed by atoms with Crippen LogP contribution in [0.1, 0.15) is 23.2 Å². The van der Waals surface area contributed by atoms with Gasteiger partial charge in [-0.25, -0.2) is 0 Å². The molecule has 28 heavy (non-hydrogen) atoms. The highest BCUT2D eigenvalue weighted by Gasteiger charge is 2.22. The Morgan fingerprint density at radius 2 is 1.75 bits per heavy atom. The number of benzene rings is 2. The summed E-state index contributed by atoms with van der Waals surface area (Å²) in [7, 11) is 0. The number of rotatable bonds is 5. The molecule has 0 unspecified atom stereocenters. The molecule has 2 aromatic carbocycles. The smallest absolute Gasteiger partial charge is 0.253 e. The van der Waals surface area contributed by atoms with E-state index < -0.39 is 0 Å². The molecule has 2 aromatic rings. The van der Waals surface area contributed by atoms with Crippen LogP contribution in [-0.4, -0.2) is 56.7 Å². The molecule has 2 fully saturated rings. The van der Waals surface area contributed by atoms with Gasteiger partial charge in [-0.05, 0) is 55.8 Å². The average Bonchev–Trinajstić information content (AvgIpc) is 2.79. The van der Waals surface area contributed by atoms with Gasteiger partial charge in [0.1, 0.15) is 5.75 Å². The third kappa shape index (κ3) is 4.65. The summed E-state index contributed by atoms with van der Waals surface area (Å²) in [6.45, 7) is 6.19. The lowest BCUT2D eigenvalue weighted by molar-refractivity contribution is 0.0747. The van der Waals surface area contributed by atoms with Crippen molar-refractivity contribution in [3.05, 3.63) is 60.2 Å². The Kier molecular flexibility index (Phi) is 6.12. The molecule has 4 rings (SSSR count). The van der Waals surface area contributed by atoms with Gasteiger partial charge in [-0.2, -0.15) is 0 Å². The topological polar surface area (TPSA) is 44.8 Å². The lowest BCUT2D eigenvalue weighted by Gasteiger charge is -2.36. The first kappa shape index (κ1) is 18.8. The first-order valence-electron chi connectivity index (χ1n) is 10.3. The largest absolute Gasteiger partial charge is 0.493 e. The molecular formula is C23H29N3O2. The number of nitrogens with one attached hydrogen (secondary N) is 1. The number of hydrogen-bond acceptors (Lipinski definition) is 4. The van der Waals surface area contributed by atoms with Crippen LogP contribution >= 0.6 is 0 Å². The van der Waals surface area contributed by atoms with Crippen molar-refractivity contribution in [1.82, 2.24) is 10.2 Å². The lowest BCUT2D eigenvalue weighted by Crippen LogP contribution is -2.48. The molecule has 2 heterocycles. The van der Waals surface area contributed by atoms with E-state index in [0.717, 1.165) is 57.2 Å². The minimum Gasteiger partial charge on any atom is -0.493 e. The zero-order chi connectivity index (χ0) is 19.2. The number of piperidine rings is 1. The maximum Gasteiger partial charge on any atom is 0.253 e. The van der Waals surface area contributed by atoms with E-state index in [-0.39, 0.29) is 5.91 Å². The maximum absolute atomic E-state index is 12.6. The van der Waals surface area contributed by atoms with Gasteiger partial charge in [-0.15, -0.1) is 0 Å². The van der Waals surface area contributed by atoms with Crippen molar-refractivity contribution in [3.63, 3.8) is 0 Å². The quantitative estimate of drug-likeness (QED) is 0.867. The van der Waals surface area contributed by atoms with Gasteiger partial charge >= 0.3 is 0 Å². The van der Waals surface area contributed by atoms with Gasteiger partial charge in [0.2, 0.25) is 0 Å². The van der Waals surface area contributed by atoms with E-state index in [1.807, 2.05) is 35.2 Å². The van der Waals surface area contributed by atoms with E-state index in [0.29, 0.717) is 5.92 Å². The Morgan fingerprint density at radius 1 is 1.00 bits per heavy atom. The van der Waals surface area contributed by atoms with Gasteiger partial charge in [0.05, 0.1) is 6.61 Å². The van der Waals surface area contributed by atoms with E-state index in [4.69, 9.17) is 4.74 Å². The van der Waals surface area contributed by atoms with Gasteiger partial charge < -0.3 is 19.9 Å².